The topological polar surface area (TPSA) is 89.2 Å². The van der Waals surface area contributed by atoms with Gasteiger partial charge in [0.05, 0.1) is 5.69 Å². The summed E-state index contributed by atoms with van der Waals surface area (Å²) in [5.41, 5.74) is 9.75. The maximum Gasteiger partial charge on any atom is 0.253 e. The molecule has 1 fully saturated rings. The molecule has 0 bridgehead atoms. The van der Waals surface area contributed by atoms with E-state index in [0.29, 0.717) is 29.9 Å². The van der Waals surface area contributed by atoms with Crippen molar-refractivity contribution in [2.24, 2.45) is 0 Å². The number of rotatable bonds is 6. The summed E-state index contributed by atoms with van der Waals surface area (Å²) in [5.74, 6) is -0.523. The number of amides is 1. The summed E-state index contributed by atoms with van der Waals surface area (Å²) in [7, 11) is 0. The van der Waals surface area contributed by atoms with E-state index in [1.54, 1.807) is 28.6 Å². The summed E-state index contributed by atoms with van der Waals surface area (Å²) < 4.78 is 23.2. The fourth-order valence-electron chi connectivity index (χ4n) is 4.14. The third-order valence-corrected chi connectivity index (χ3v) is 6.45. The van der Waals surface area contributed by atoms with Crippen LogP contribution in [0.4, 0.5) is 10.1 Å². The highest BCUT2D eigenvalue weighted by Gasteiger charge is 2.40. The van der Waals surface area contributed by atoms with Gasteiger partial charge in [0.2, 0.25) is 0 Å². The first-order valence-electron chi connectivity index (χ1n) is 10.9. The first-order chi connectivity index (χ1) is 16.4. The number of carbonyl (C=O) groups is 1. The molecule has 1 amide bonds. The summed E-state index contributed by atoms with van der Waals surface area (Å²) in [4.78, 5) is 17.7. The van der Waals surface area contributed by atoms with Gasteiger partial charge in [-0.15, -0.1) is 0 Å². The minimum Gasteiger partial charge on any atom is -0.399 e. The quantitative estimate of drug-likeness (QED) is 0.354. The van der Waals surface area contributed by atoms with E-state index in [1.165, 1.54) is 6.07 Å². The zero-order valence-corrected chi connectivity index (χ0v) is 20.0. The third kappa shape index (κ3) is 4.24. The van der Waals surface area contributed by atoms with Gasteiger partial charge in [-0.25, -0.2) is 9.07 Å². The number of nitrogens with two attached hydrogens (primary N) is 1. The van der Waals surface area contributed by atoms with E-state index < -0.39 is 12.3 Å². The number of nitrogen functional groups attached to an aromatic ring is 1. The molecule has 174 valence electrons. The molecule has 0 saturated carbocycles. The Balaban J connectivity index is 1.51. The van der Waals surface area contributed by atoms with E-state index in [4.69, 9.17) is 15.6 Å². The van der Waals surface area contributed by atoms with Crippen LogP contribution in [0.2, 0.25) is 0 Å². The molecule has 2 aromatic heterocycles. The average Bonchev–Trinajstić information content (AvgIpc) is 3.54. The standard InChI is InChI=1S/C25H23BrFN5O2/c1-15-24(33)31(11-9-16-2-5-19(28)12-22(16)27)25(34-15)21-14-32(20-6-3-18(26)4-7-20)30-23(21)17-8-10-29-13-17/h2-8,10,12-15,25,29H,9,11,28H2,1H3/t15-,25+/m0/s1. The van der Waals surface area contributed by atoms with Gasteiger partial charge in [-0.1, -0.05) is 22.0 Å². The smallest absolute Gasteiger partial charge is 0.253 e. The van der Waals surface area contributed by atoms with Crippen molar-refractivity contribution >= 4 is 27.5 Å². The maximum absolute atomic E-state index is 14.4. The summed E-state index contributed by atoms with van der Waals surface area (Å²) in [6.07, 6.45) is 4.64. The van der Waals surface area contributed by atoms with E-state index in [9.17, 15) is 9.18 Å². The van der Waals surface area contributed by atoms with Crippen LogP contribution in [0.3, 0.4) is 0 Å². The van der Waals surface area contributed by atoms with Gasteiger partial charge in [-0.3, -0.25) is 4.79 Å². The number of H-pyrrole nitrogens is 1. The van der Waals surface area contributed by atoms with Crippen molar-refractivity contribution in [2.45, 2.75) is 25.7 Å². The van der Waals surface area contributed by atoms with Crippen LogP contribution in [0.5, 0.6) is 0 Å². The molecule has 0 aliphatic carbocycles. The van der Waals surface area contributed by atoms with Gasteiger partial charge in [-0.05, 0) is 61.4 Å². The van der Waals surface area contributed by atoms with Crippen molar-refractivity contribution in [3.05, 3.63) is 88.5 Å². The number of carbonyl (C=O) groups excluding carboxylic acids is 1. The largest absolute Gasteiger partial charge is 0.399 e. The highest BCUT2D eigenvalue weighted by atomic mass is 79.9. The normalized spacial score (nSPS) is 18.1. The lowest BCUT2D eigenvalue weighted by molar-refractivity contribution is -0.130. The number of ether oxygens (including phenoxy) is 1. The highest BCUT2D eigenvalue weighted by Crippen LogP contribution is 2.37. The lowest BCUT2D eigenvalue weighted by Gasteiger charge is -2.23. The molecular weight excluding hydrogens is 501 g/mol. The van der Waals surface area contributed by atoms with Gasteiger partial charge in [0.1, 0.15) is 17.6 Å². The fraction of sp³-hybridized carbons (Fsp3) is 0.200. The van der Waals surface area contributed by atoms with Gasteiger partial charge >= 0.3 is 0 Å². The van der Waals surface area contributed by atoms with Crippen LogP contribution in [-0.4, -0.2) is 38.2 Å². The SMILES string of the molecule is C[C@@H]1O[C@H](c2cn(-c3ccc(Br)cc3)nc2-c2cc[nH]c2)N(CCc2ccc(N)cc2F)C1=O. The number of hydrogen-bond acceptors (Lipinski definition) is 4. The zero-order chi connectivity index (χ0) is 23.8. The van der Waals surface area contributed by atoms with Crippen molar-refractivity contribution in [3.63, 3.8) is 0 Å². The second-order valence-corrected chi connectivity index (χ2v) is 9.13. The van der Waals surface area contributed by atoms with Crippen molar-refractivity contribution in [2.75, 3.05) is 12.3 Å². The lowest BCUT2D eigenvalue weighted by atomic mass is 10.1. The van der Waals surface area contributed by atoms with E-state index in [1.807, 2.05) is 48.9 Å². The number of nitrogens with zero attached hydrogens (tertiary/aromatic N) is 3. The van der Waals surface area contributed by atoms with E-state index in [0.717, 1.165) is 21.3 Å². The summed E-state index contributed by atoms with van der Waals surface area (Å²) in [6.45, 7) is 2.03. The van der Waals surface area contributed by atoms with E-state index in [2.05, 4.69) is 20.9 Å². The molecule has 3 heterocycles. The molecule has 2 atom stereocenters. The molecule has 2 aromatic carbocycles. The predicted octanol–water partition coefficient (Wildman–Crippen LogP) is 4.84. The van der Waals surface area contributed by atoms with Gasteiger partial charge < -0.3 is 20.4 Å². The molecule has 34 heavy (non-hydrogen) atoms. The molecule has 5 rings (SSSR count). The maximum atomic E-state index is 14.4. The molecule has 1 saturated heterocycles. The van der Waals surface area contributed by atoms with Crippen LogP contribution < -0.4 is 5.73 Å². The number of aromatic nitrogens is 3. The van der Waals surface area contributed by atoms with Crippen molar-refractivity contribution in [1.29, 1.82) is 0 Å². The average molecular weight is 524 g/mol. The fourth-order valence-corrected chi connectivity index (χ4v) is 4.40. The Labute approximate surface area is 204 Å². The second-order valence-electron chi connectivity index (χ2n) is 8.22. The second kappa shape index (κ2) is 9.08. The number of benzene rings is 2. The lowest BCUT2D eigenvalue weighted by Crippen LogP contribution is -2.32. The Morgan fingerprint density at radius 1 is 1.21 bits per heavy atom. The van der Waals surface area contributed by atoms with Crippen molar-refractivity contribution < 1.29 is 13.9 Å². The van der Waals surface area contributed by atoms with E-state index >= 15 is 0 Å². The van der Waals surface area contributed by atoms with Crippen molar-refractivity contribution in [1.82, 2.24) is 19.7 Å². The molecule has 3 N–H and O–H groups in total. The number of nitrogens with one attached hydrogen (secondary N) is 1. The Morgan fingerprint density at radius 3 is 2.71 bits per heavy atom. The Hall–Kier alpha value is -3.43. The molecular formula is C25H23BrFN5O2. The van der Waals surface area contributed by atoms with Crippen LogP contribution in [-0.2, 0) is 16.0 Å². The summed E-state index contributed by atoms with van der Waals surface area (Å²) in [5, 5.41) is 4.81. The number of aromatic amines is 1. The molecule has 9 heteroatoms. The molecule has 1 aliphatic rings. The zero-order valence-electron chi connectivity index (χ0n) is 18.4. The summed E-state index contributed by atoms with van der Waals surface area (Å²) in [6, 6.07) is 14.3. The summed E-state index contributed by atoms with van der Waals surface area (Å²) >= 11 is 3.46. The molecule has 1 aliphatic heterocycles. The van der Waals surface area contributed by atoms with Crippen LogP contribution in [0.1, 0.15) is 24.3 Å². The molecule has 0 radical (unpaired) electrons. The molecule has 7 nitrogen and oxygen atoms in total. The molecule has 0 spiro atoms. The minimum atomic E-state index is -0.645. The highest BCUT2D eigenvalue weighted by molar-refractivity contribution is 9.10. The third-order valence-electron chi connectivity index (χ3n) is 5.92. The van der Waals surface area contributed by atoms with Gasteiger partial charge in [-0.2, -0.15) is 5.10 Å². The van der Waals surface area contributed by atoms with Crippen LogP contribution in [0.25, 0.3) is 16.9 Å². The van der Waals surface area contributed by atoms with Crippen LogP contribution in [0.15, 0.2) is 71.6 Å². The predicted molar refractivity (Wildman–Crippen MR) is 131 cm³/mol. The van der Waals surface area contributed by atoms with Gasteiger partial charge in [0.25, 0.3) is 5.91 Å². The molecule has 0 unspecified atom stereocenters. The monoisotopic (exact) mass is 523 g/mol. The number of hydrogen-bond donors (Lipinski definition) is 2. The van der Waals surface area contributed by atoms with Crippen LogP contribution >= 0.6 is 15.9 Å². The Kier molecular flexibility index (Phi) is 5.97. The number of halogens is 2. The van der Waals surface area contributed by atoms with Crippen molar-refractivity contribution in [3.8, 4) is 16.9 Å². The Morgan fingerprint density at radius 2 is 2.00 bits per heavy atom. The van der Waals surface area contributed by atoms with Gasteiger partial charge in [0, 0.05) is 46.4 Å². The van der Waals surface area contributed by atoms with Gasteiger partial charge in [0.15, 0.2) is 6.23 Å². The first kappa shape index (κ1) is 22.4. The minimum absolute atomic E-state index is 0.141. The molecule has 4 aromatic rings. The van der Waals surface area contributed by atoms with Crippen LogP contribution in [0, 0.1) is 5.82 Å². The Bertz CT molecular complexity index is 1320. The van der Waals surface area contributed by atoms with E-state index in [-0.39, 0.29) is 11.7 Å². The number of anilines is 1. The first-order valence-corrected chi connectivity index (χ1v) is 11.7.